The van der Waals surface area contributed by atoms with Gasteiger partial charge < -0.3 is 15.0 Å². The lowest BCUT2D eigenvalue weighted by molar-refractivity contribution is -0.128. The first-order valence-corrected chi connectivity index (χ1v) is 10.6. The Morgan fingerprint density at radius 1 is 1.16 bits per heavy atom. The van der Waals surface area contributed by atoms with E-state index in [1.807, 2.05) is 4.90 Å². The summed E-state index contributed by atoms with van der Waals surface area (Å²) in [7, 11) is 0. The molecule has 1 amide bonds. The maximum absolute atomic E-state index is 13.5. The van der Waals surface area contributed by atoms with Crippen LogP contribution in [0.1, 0.15) is 48.0 Å². The van der Waals surface area contributed by atoms with Gasteiger partial charge in [0, 0.05) is 54.8 Å². The molecule has 0 unspecified atom stereocenters. The van der Waals surface area contributed by atoms with Gasteiger partial charge in [-0.15, -0.1) is 0 Å². The van der Waals surface area contributed by atoms with Gasteiger partial charge in [-0.05, 0) is 50.3 Å². The Morgan fingerprint density at radius 3 is 2.65 bits per heavy atom. The number of carbonyl (C=O) groups excluding carboxylic acids is 2. The molecule has 1 saturated carbocycles. The average Bonchev–Trinajstić information content (AvgIpc) is 3.31. The number of rotatable bonds is 3. The van der Waals surface area contributed by atoms with Crippen molar-refractivity contribution in [2.75, 3.05) is 18.0 Å². The van der Waals surface area contributed by atoms with Crippen LogP contribution in [0, 0.1) is 17.6 Å². The third-order valence-corrected chi connectivity index (χ3v) is 6.73. The lowest BCUT2D eigenvalue weighted by atomic mass is 9.75. The summed E-state index contributed by atoms with van der Waals surface area (Å²) in [5, 5.41) is 3.10. The number of esters is 1. The number of pyridine rings is 1. The van der Waals surface area contributed by atoms with Crippen molar-refractivity contribution in [1.82, 2.24) is 10.3 Å². The Hall–Kier alpha value is -3.03. The van der Waals surface area contributed by atoms with Gasteiger partial charge in [-0.1, -0.05) is 0 Å². The van der Waals surface area contributed by atoms with Crippen molar-refractivity contribution in [3.8, 4) is 0 Å². The fraction of sp³-hybridized carbons (Fsp3) is 0.435. The van der Waals surface area contributed by atoms with Crippen LogP contribution < -0.4 is 10.2 Å². The quantitative estimate of drug-likeness (QED) is 0.761. The van der Waals surface area contributed by atoms with Gasteiger partial charge in [0.2, 0.25) is 5.91 Å². The van der Waals surface area contributed by atoms with E-state index >= 15 is 0 Å². The molecule has 1 spiro atoms. The second kappa shape index (κ2) is 7.59. The minimum atomic E-state index is -0.664. The predicted molar refractivity (Wildman–Crippen MR) is 108 cm³/mol. The van der Waals surface area contributed by atoms with E-state index in [0.29, 0.717) is 50.0 Å². The summed E-state index contributed by atoms with van der Waals surface area (Å²) in [6.45, 7) is 1.14. The number of fused-ring (bicyclic) bond motifs is 2. The highest BCUT2D eigenvalue weighted by molar-refractivity contribution is 5.94. The largest absolute Gasteiger partial charge is 0.450 e. The van der Waals surface area contributed by atoms with Crippen LogP contribution in [0.5, 0.6) is 0 Å². The number of ether oxygens (including phenoxy) is 1. The van der Waals surface area contributed by atoms with E-state index in [2.05, 4.69) is 10.3 Å². The highest BCUT2D eigenvalue weighted by Gasteiger charge is 2.48. The van der Waals surface area contributed by atoms with Crippen LogP contribution >= 0.6 is 0 Å². The van der Waals surface area contributed by atoms with E-state index in [0.717, 1.165) is 18.1 Å². The molecule has 3 aliphatic rings. The van der Waals surface area contributed by atoms with Crippen molar-refractivity contribution >= 4 is 17.6 Å². The third kappa shape index (κ3) is 3.64. The molecule has 2 aromatic rings. The summed E-state index contributed by atoms with van der Waals surface area (Å²) in [5.41, 5.74) is 1.22. The Labute approximate surface area is 178 Å². The molecule has 1 N–H and O–H groups in total. The van der Waals surface area contributed by atoms with Gasteiger partial charge >= 0.3 is 5.97 Å². The van der Waals surface area contributed by atoms with Crippen molar-refractivity contribution in [3.05, 3.63) is 59.4 Å². The van der Waals surface area contributed by atoms with E-state index in [9.17, 15) is 18.4 Å². The molecule has 6 nitrogen and oxygen atoms in total. The lowest BCUT2D eigenvalue weighted by Crippen LogP contribution is -2.43. The second-order valence-electron chi connectivity index (χ2n) is 8.65. The van der Waals surface area contributed by atoms with Crippen LogP contribution in [0.25, 0.3) is 0 Å². The van der Waals surface area contributed by atoms with Gasteiger partial charge in [-0.2, -0.15) is 0 Å². The number of halogens is 2. The first-order valence-electron chi connectivity index (χ1n) is 10.6. The van der Waals surface area contributed by atoms with Gasteiger partial charge in [-0.3, -0.25) is 9.78 Å². The van der Waals surface area contributed by atoms with Crippen molar-refractivity contribution in [3.63, 3.8) is 0 Å². The number of hydrogen-bond acceptors (Lipinski definition) is 5. The molecule has 0 bridgehead atoms. The fourth-order valence-corrected chi connectivity index (χ4v) is 5.09. The van der Waals surface area contributed by atoms with Crippen molar-refractivity contribution in [2.45, 2.75) is 43.7 Å². The smallest absolute Gasteiger partial charge is 0.339 e. The van der Waals surface area contributed by atoms with Crippen molar-refractivity contribution in [2.24, 2.45) is 5.92 Å². The molecular weight excluding hydrogens is 404 g/mol. The summed E-state index contributed by atoms with van der Waals surface area (Å²) in [6.07, 6.45) is 6.43. The van der Waals surface area contributed by atoms with Gasteiger partial charge in [0.15, 0.2) is 0 Å². The first kappa shape index (κ1) is 19.9. The molecule has 162 valence electrons. The van der Waals surface area contributed by atoms with Crippen LogP contribution in [-0.2, 0) is 15.1 Å². The zero-order chi connectivity index (χ0) is 21.6. The van der Waals surface area contributed by atoms with E-state index < -0.39 is 17.2 Å². The molecule has 5 rings (SSSR count). The van der Waals surface area contributed by atoms with E-state index in [4.69, 9.17) is 4.74 Å². The topological polar surface area (TPSA) is 71.5 Å². The summed E-state index contributed by atoms with van der Waals surface area (Å²) in [4.78, 5) is 31.1. The number of aromatic nitrogens is 1. The number of amides is 1. The van der Waals surface area contributed by atoms with Crippen LogP contribution in [0.4, 0.5) is 14.5 Å². The standard InChI is InChI=1S/C23H23F2N3O3/c24-15-9-16(25)11-18(10-15)28-8-4-17(13-28)27-21(29)14-1-5-23(6-2-14)20-12-26-7-3-19(20)22(30)31-23/h3,7,9-12,14,17H,1-2,4-6,8,13H2,(H,27,29)/t14?,17-,23?/m0/s1. The molecular formula is C23H23F2N3O3. The van der Waals surface area contributed by atoms with Gasteiger partial charge in [0.25, 0.3) is 0 Å². The number of hydrogen-bond donors (Lipinski definition) is 1. The minimum absolute atomic E-state index is 0.0112. The SMILES string of the molecule is O=C1OC2(CCC(C(=O)N[C@H]3CCN(c4cc(F)cc(F)c4)C3)CC2)c2cnccc21. The summed E-state index contributed by atoms with van der Waals surface area (Å²) >= 11 is 0. The van der Waals surface area contributed by atoms with Crippen molar-refractivity contribution < 1.29 is 23.1 Å². The number of nitrogens with one attached hydrogen (secondary N) is 1. The molecule has 3 heterocycles. The Balaban J connectivity index is 1.18. The third-order valence-electron chi connectivity index (χ3n) is 6.73. The van der Waals surface area contributed by atoms with Crippen LogP contribution in [0.2, 0.25) is 0 Å². The van der Waals surface area contributed by atoms with E-state index in [1.54, 1.807) is 18.5 Å². The molecule has 2 aliphatic heterocycles. The summed E-state index contributed by atoms with van der Waals surface area (Å²) in [6, 6.07) is 5.09. The zero-order valence-electron chi connectivity index (χ0n) is 16.9. The maximum atomic E-state index is 13.5. The van der Waals surface area contributed by atoms with Crippen LogP contribution in [0.3, 0.4) is 0 Å². The van der Waals surface area contributed by atoms with Gasteiger partial charge in [-0.25, -0.2) is 13.6 Å². The normalized spacial score (nSPS) is 27.3. The second-order valence-corrected chi connectivity index (χ2v) is 8.65. The summed E-state index contributed by atoms with van der Waals surface area (Å²) in [5.74, 6) is -1.69. The molecule has 1 aromatic carbocycles. The van der Waals surface area contributed by atoms with Gasteiger partial charge in [0.05, 0.1) is 5.56 Å². The molecule has 8 heteroatoms. The lowest BCUT2D eigenvalue weighted by Gasteiger charge is -2.36. The molecule has 2 fully saturated rings. The number of nitrogens with zero attached hydrogens (tertiary/aromatic N) is 2. The monoisotopic (exact) mass is 427 g/mol. The number of anilines is 1. The Morgan fingerprint density at radius 2 is 1.90 bits per heavy atom. The predicted octanol–water partition coefficient (Wildman–Crippen LogP) is 3.31. The number of carbonyl (C=O) groups is 2. The molecule has 1 saturated heterocycles. The number of benzene rings is 1. The summed E-state index contributed by atoms with van der Waals surface area (Å²) < 4.78 is 32.7. The highest BCUT2D eigenvalue weighted by Crippen LogP contribution is 2.47. The van der Waals surface area contributed by atoms with E-state index in [1.165, 1.54) is 12.1 Å². The Bertz CT molecular complexity index is 1020. The average molecular weight is 427 g/mol. The minimum Gasteiger partial charge on any atom is -0.450 e. The zero-order valence-corrected chi connectivity index (χ0v) is 16.9. The van der Waals surface area contributed by atoms with Crippen LogP contribution in [-0.4, -0.2) is 36.0 Å². The highest BCUT2D eigenvalue weighted by atomic mass is 19.1. The fourth-order valence-electron chi connectivity index (χ4n) is 5.09. The van der Waals surface area contributed by atoms with Crippen LogP contribution in [0.15, 0.2) is 36.7 Å². The van der Waals surface area contributed by atoms with E-state index in [-0.39, 0.29) is 23.8 Å². The van der Waals surface area contributed by atoms with Crippen molar-refractivity contribution in [1.29, 1.82) is 0 Å². The van der Waals surface area contributed by atoms with Gasteiger partial charge in [0.1, 0.15) is 17.2 Å². The molecule has 0 radical (unpaired) electrons. The molecule has 31 heavy (non-hydrogen) atoms. The first-order chi connectivity index (χ1) is 14.9. The molecule has 1 aromatic heterocycles. The molecule has 1 atom stereocenters. The molecule has 1 aliphatic carbocycles. The Kier molecular flexibility index (Phi) is 4.87. The maximum Gasteiger partial charge on any atom is 0.339 e.